The summed E-state index contributed by atoms with van der Waals surface area (Å²) >= 11 is 6.15. The molecule has 1 aromatic carbocycles. The standard InChI is InChI=1S/C13H10ClN/c1-2-10-6-7-11(12(14)9-10)13-5-3-4-8-15-13/h2-9H,1H2. The average molecular weight is 216 g/mol. The Morgan fingerprint density at radius 1 is 1.20 bits per heavy atom. The number of halogens is 1. The van der Waals surface area contributed by atoms with Gasteiger partial charge in [0.1, 0.15) is 0 Å². The summed E-state index contributed by atoms with van der Waals surface area (Å²) in [7, 11) is 0. The lowest BCUT2D eigenvalue weighted by atomic mass is 10.1. The number of pyridine rings is 1. The molecule has 0 N–H and O–H groups in total. The monoisotopic (exact) mass is 215 g/mol. The van der Waals surface area contributed by atoms with Crippen molar-refractivity contribution < 1.29 is 0 Å². The maximum Gasteiger partial charge on any atom is 0.0716 e. The molecule has 2 rings (SSSR count). The molecule has 0 fully saturated rings. The van der Waals surface area contributed by atoms with Gasteiger partial charge >= 0.3 is 0 Å². The van der Waals surface area contributed by atoms with Crippen molar-refractivity contribution >= 4 is 17.7 Å². The van der Waals surface area contributed by atoms with Gasteiger partial charge in [0.15, 0.2) is 0 Å². The van der Waals surface area contributed by atoms with Crippen molar-refractivity contribution in [1.29, 1.82) is 0 Å². The van der Waals surface area contributed by atoms with E-state index < -0.39 is 0 Å². The minimum atomic E-state index is 0.700. The van der Waals surface area contributed by atoms with Gasteiger partial charge in [0.05, 0.1) is 10.7 Å². The Bertz CT molecular complexity index is 477. The van der Waals surface area contributed by atoms with Crippen LogP contribution in [0.1, 0.15) is 5.56 Å². The van der Waals surface area contributed by atoms with Crippen LogP contribution in [0.25, 0.3) is 17.3 Å². The molecule has 1 nitrogen and oxygen atoms in total. The Morgan fingerprint density at radius 2 is 2.07 bits per heavy atom. The zero-order valence-corrected chi connectivity index (χ0v) is 8.91. The molecule has 0 saturated carbocycles. The van der Waals surface area contributed by atoms with E-state index in [4.69, 9.17) is 11.6 Å². The van der Waals surface area contributed by atoms with E-state index in [1.165, 1.54) is 0 Å². The van der Waals surface area contributed by atoms with Crippen LogP contribution in [0.2, 0.25) is 5.02 Å². The fourth-order valence-electron chi connectivity index (χ4n) is 1.39. The first-order valence-corrected chi connectivity index (χ1v) is 5.02. The van der Waals surface area contributed by atoms with E-state index in [2.05, 4.69) is 11.6 Å². The van der Waals surface area contributed by atoms with Crippen molar-refractivity contribution in [1.82, 2.24) is 4.98 Å². The van der Waals surface area contributed by atoms with Crippen LogP contribution in [0.15, 0.2) is 49.2 Å². The summed E-state index contributed by atoms with van der Waals surface area (Å²) in [4.78, 5) is 4.26. The van der Waals surface area contributed by atoms with Gasteiger partial charge in [0.2, 0.25) is 0 Å². The fourth-order valence-corrected chi connectivity index (χ4v) is 1.67. The summed E-state index contributed by atoms with van der Waals surface area (Å²) in [5, 5.41) is 0.700. The summed E-state index contributed by atoms with van der Waals surface area (Å²) in [5.74, 6) is 0. The smallest absolute Gasteiger partial charge is 0.0716 e. The first-order valence-electron chi connectivity index (χ1n) is 4.64. The molecule has 0 unspecified atom stereocenters. The molecule has 0 spiro atoms. The number of aromatic nitrogens is 1. The highest BCUT2D eigenvalue weighted by Gasteiger charge is 2.03. The van der Waals surface area contributed by atoms with Gasteiger partial charge in [-0.15, -0.1) is 0 Å². The van der Waals surface area contributed by atoms with Crippen LogP contribution in [0.4, 0.5) is 0 Å². The van der Waals surface area contributed by atoms with Gasteiger partial charge < -0.3 is 0 Å². The highest BCUT2D eigenvalue weighted by atomic mass is 35.5. The second kappa shape index (κ2) is 4.28. The molecule has 0 radical (unpaired) electrons. The molecule has 0 saturated heterocycles. The minimum Gasteiger partial charge on any atom is -0.256 e. The van der Waals surface area contributed by atoms with E-state index in [9.17, 15) is 0 Å². The number of nitrogens with zero attached hydrogens (tertiary/aromatic N) is 1. The summed E-state index contributed by atoms with van der Waals surface area (Å²) < 4.78 is 0. The molecule has 0 aliphatic rings. The van der Waals surface area contributed by atoms with Gasteiger partial charge in [-0.2, -0.15) is 0 Å². The quantitative estimate of drug-likeness (QED) is 0.737. The van der Waals surface area contributed by atoms with Crippen molar-refractivity contribution in [3.8, 4) is 11.3 Å². The molecule has 15 heavy (non-hydrogen) atoms. The minimum absolute atomic E-state index is 0.700. The summed E-state index contributed by atoms with van der Waals surface area (Å²) in [6.07, 6.45) is 3.53. The molecule has 0 bridgehead atoms. The molecular formula is C13H10ClN. The second-order valence-electron chi connectivity index (χ2n) is 3.16. The van der Waals surface area contributed by atoms with Crippen LogP contribution < -0.4 is 0 Å². The van der Waals surface area contributed by atoms with Crippen molar-refractivity contribution in [2.75, 3.05) is 0 Å². The van der Waals surface area contributed by atoms with Gasteiger partial charge in [-0.05, 0) is 23.8 Å². The van der Waals surface area contributed by atoms with E-state index in [-0.39, 0.29) is 0 Å². The highest BCUT2D eigenvalue weighted by molar-refractivity contribution is 6.33. The molecule has 0 amide bonds. The second-order valence-corrected chi connectivity index (χ2v) is 3.57. The van der Waals surface area contributed by atoms with Crippen molar-refractivity contribution in [2.24, 2.45) is 0 Å². The van der Waals surface area contributed by atoms with Crippen molar-refractivity contribution in [3.63, 3.8) is 0 Å². The van der Waals surface area contributed by atoms with Gasteiger partial charge in [0.25, 0.3) is 0 Å². The Morgan fingerprint density at radius 3 is 2.67 bits per heavy atom. The number of benzene rings is 1. The molecule has 1 aromatic heterocycles. The van der Waals surface area contributed by atoms with Crippen LogP contribution in [0.3, 0.4) is 0 Å². The van der Waals surface area contributed by atoms with E-state index in [1.54, 1.807) is 12.3 Å². The first-order chi connectivity index (χ1) is 7.31. The van der Waals surface area contributed by atoms with Crippen LogP contribution in [0.5, 0.6) is 0 Å². The molecule has 1 heterocycles. The average Bonchev–Trinajstić information content (AvgIpc) is 2.30. The van der Waals surface area contributed by atoms with Gasteiger partial charge in [0, 0.05) is 11.8 Å². The number of rotatable bonds is 2. The molecule has 0 aliphatic heterocycles. The molecule has 0 atom stereocenters. The third-order valence-corrected chi connectivity index (χ3v) is 2.48. The third kappa shape index (κ3) is 2.08. The predicted molar refractivity (Wildman–Crippen MR) is 64.8 cm³/mol. The van der Waals surface area contributed by atoms with Crippen LogP contribution in [-0.2, 0) is 0 Å². The fraction of sp³-hybridized carbons (Fsp3) is 0. The molecule has 0 aliphatic carbocycles. The summed E-state index contributed by atoms with van der Waals surface area (Å²) in [6, 6.07) is 11.6. The van der Waals surface area contributed by atoms with E-state index in [1.807, 2.05) is 36.4 Å². The zero-order chi connectivity index (χ0) is 10.7. The maximum atomic E-state index is 6.15. The lowest BCUT2D eigenvalue weighted by Crippen LogP contribution is -1.84. The van der Waals surface area contributed by atoms with E-state index in [0.717, 1.165) is 16.8 Å². The molecule has 2 aromatic rings. The number of hydrogen-bond donors (Lipinski definition) is 0. The van der Waals surface area contributed by atoms with Gasteiger partial charge in [-0.1, -0.05) is 42.5 Å². The van der Waals surface area contributed by atoms with Crippen LogP contribution >= 0.6 is 11.6 Å². The molecular weight excluding hydrogens is 206 g/mol. The Kier molecular flexibility index (Phi) is 2.84. The van der Waals surface area contributed by atoms with Crippen LogP contribution in [-0.4, -0.2) is 4.98 Å². The Labute approximate surface area is 94.1 Å². The predicted octanol–water partition coefficient (Wildman–Crippen LogP) is 4.05. The normalized spacial score (nSPS) is 9.93. The zero-order valence-electron chi connectivity index (χ0n) is 8.15. The SMILES string of the molecule is C=Cc1ccc(-c2ccccn2)c(Cl)c1. The van der Waals surface area contributed by atoms with Crippen molar-refractivity contribution in [2.45, 2.75) is 0 Å². The maximum absolute atomic E-state index is 6.15. The first kappa shape index (κ1) is 9.94. The largest absolute Gasteiger partial charge is 0.256 e. The highest BCUT2D eigenvalue weighted by Crippen LogP contribution is 2.27. The van der Waals surface area contributed by atoms with Gasteiger partial charge in [-0.3, -0.25) is 4.98 Å². The Hall–Kier alpha value is -1.60. The van der Waals surface area contributed by atoms with Crippen LogP contribution in [0, 0.1) is 0 Å². The molecule has 74 valence electrons. The molecule has 2 heteroatoms. The Balaban J connectivity index is 2.51. The van der Waals surface area contributed by atoms with Gasteiger partial charge in [-0.25, -0.2) is 0 Å². The van der Waals surface area contributed by atoms with E-state index in [0.29, 0.717) is 5.02 Å². The third-order valence-electron chi connectivity index (χ3n) is 2.17. The summed E-state index contributed by atoms with van der Waals surface area (Å²) in [6.45, 7) is 3.70. The topological polar surface area (TPSA) is 12.9 Å². The van der Waals surface area contributed by atoms with Crippen molar-refractivity contribution in [3.05, 3.63) is 59.8 Å². The lowest BCUT2D eigenvalue weighted by Gasteiger charge is -2.04. The lowest BCUT2D eigenvalue weighted by molar-refractivity contribution is 1.33. The summed E-state index contributed by atoms with van der Waals surface area (Å²) in [5.41, 5.74) is 2.85. The van der Waals surface area contributed by atoms with E-state index >= 15 is 0 Å². The number of hydrogen-bond acceptors (Lipinski definition) is 1.